The Morgan fingerprint density at radius 3 is 2.40 bits per heavy atom. The minimum atomic E-state index is -0.990. The number of carbonyl (C=O) groups is 2. The maximum Gasteiger partial charge on any atom is 0.175 e. The Hall–Kier alpha value is -0.0800. The predicted molar refractivity (Wildman–Crippen MR) is 38.5 cm³/mol. The Labute approximate surface area is 68.5 Å². The molecule has 0 aliphatic heterocycles. The Kier molecular flexibility index (Phi) is 2.32. The van der Waals surface area contributed by atoms with Gasteiger partial charge in [-0.3, -0.25) is 9.59 Å². The third kappa shape index (κ3) is 1.32. The summed E-state index contributed by atoms with van der Waals surface area (Å²) in [7, 11) is 0. The van der Waals surface area contributed by atoms with E-state index in [-0.39, 0.29) is 11.6 Å². The Bertz CT molecular complexity index is 179. The minimum Gasteiger partial charge on any atom is -0.298 e. The number of rotatable bonds is 0. The summed E-state index contributed by atoms with van der Waals surface area (Å²) in [6.07, 6.45) is 0.760. The summed E-state index contributed by atoms with van der Waals surface area (Å²) in [5.41, 5.74) is 0. The first kappa shape index (κ1) is 8.02. The molecule has 10 heavy (non-hydrogen) atoms. The largest absolute Gasteiger partial charge is 0.298 e. The molecule has 0 saturated heterocycles. The van der Waals surface area contributed by atoms with E-state index in [0.717, 1.165) is 0 Å². The standard InChI is InChI=1S/C6H6Cl2O2/c7-3-1-2-4(9)5(8)6(3)10/h3,5H,1-2H2. The van der Waals surface area contributed by atoms with Gasteiger partial charge in [0.2, 0.25) is 0 Å². The molecule has 0 N–H and O–H groups in total. The van der Waals surface area contributed by atoms with Crippen molar-refractivity contribution in [2.24, 2.45) is 0 Å². The number of halogens is 2. The molecular formula is C6H6Cl2O2. The first-order valence-electron chi connectivity index (χ1n) is 2.97. The molecule has 2 unspecified atom stereocenters. The van der Waals surface area contributed by atoms with Crippen molar-refractivity contribution in [1.29, 1.82) is 0 Å². The molecule has 2 nitrogen and oxygen atoms in total. The molecule has 56 valence electrons. The van der Waals surface area contributed by atoms with Crippen LogP contribution in [-0.4, -0.2) is 22.3 Å². The van der Waals surface area contributed by atoms with Gasteiger partial charge in [0.05, 0.1) is 5.38 Å². The molecule has 1 rings (SSSR count). The topological polar surface area (TPSA) is 34.1 Å². The molecule has 0 amide bonds. The highest BCUT2D eigenvalue weighted by Crippen LogP contribution is 2.20. The van der Waals surface area contributed by atoms with E-state index < -0.39 is 10.8 Å². The highest BCUT2D eigenvalue weighted by molar-refractivity contribution is 6.48. The quantitative estimate of drug-likeness (QED) is 0.414. The lowest BCUT2D eigenvalue weighted by molar-refractivity contribution is -0.128. The van der Waals surface area contributed by atoms with Crippen LogP contribution in [0, 0.1) is 0 Å². The Balaban J connectivity index is 2.70. The van der Waals surface area contributed by atoms with E-state index in [1.54, 1.807) is 0 Å². The van der Waals surface area contributed by atoms with Crippen LogP contribution in [0.5, 0.6) is 0 Å². The second-order valence-corrected chi connectivity index (χ2v) is 3.20. The summed E-state index contributed by atoms with van der Waals surface area (Å²) in [6, 6.07) is 0. The van der Waals surface area contributed by atoms with E-state index in [1.807, 2.05) is 0 Å². The number of hydrogen-bond acceptors (Lipinski definition) is 2. The number of Topliss-reactive ketones (excluding diaryl/α,β-unsaturated/α-hetero) is 2. The smallest absolute Gasteiger partial charge is 0.175 e. The third-order valence-corrected chi connectivity index (χ3v) is 2.38. The van der Waals surface area contributed by atoms with Crippen molar-refractivity contribution in [3.63, 3.8) is 0 Å². The number of carbonyl (C=O) groups excluding carboxylic acids is 2. The first-order valence-corrected chi connectivity index (χ1v) is 3.85. The number of ketones is 2. The molecular weight excluding hydrogens is 175 g/mol. The second-order valence-electron chi connectivity index (χ2n) is 2.24. The molecule has 1 aliphatic rings. The van der Waals surface area contributed by atoms with E-state index in [9.17, 15) is 9.59 Å². The fourth-order valence-electron chi connectivity index (χ4n) is 0.855. The van der Waals surface area contributed by atoms with Crippen molar-refractivity contribution in [3.8, 4) is 0 Å². The maximum atomic E-state index is 10.9. The zero-order chi connectivity index (χ0) is 7.72. The second kappa shape index (κ2) is 2.89. The molecule has 0 spiro atoms. The number of hydrogen-bond donors (Lipinski definition) is 0. The Morgan fingerprint density at radius 2 is 1.90 bits per heavy atom. The molecule has 0 aromatic heterocycles. The molecule has 0 radical (unpaired) electrons. The summed E-state index contributed by atoms with van der Waals surface area (Å²) in [6.45, 7) is 0. The zero-order valence-electron chi connectivity index (χ0n) is 5.14. The van der Waals surface area contributed by atoms with Gasteiger partial charge in [0.25, 0.3) is 0 Å². The predicted octanol–water partition coefficient (Wildman–Crippen LogP) is 1.13. The van der Waals surface area contributed by atoms with Crippen molar-refractivity contribution in [1.82, 2.24) is 0 Å². The molecule has 1 saturated carbocycles. The molecule has 0 heterocycles. The summed E-state index contributed by atoms with van der Waals surface area (Å²) in [5, 5.41) is -1.54. The fourth-order valence-corrected chi connectivity index (χ4v) is 1.42. The lowest BCUT2D eigenvalue weighted by Crippen LogP contribution is -2.36. The molecule has 1 aliphatic carbocycles. The van der Waals surface area contributed by atoms with Crippen molar-refractivity contribution in [2.75, 3.05) is 0 Å². The lowest BCUT2D eigenvalue weighted by atomic mass is 9.97. The van der Waals surface area contributed by atoms with Gasteiger partial charge in [0.15, 0.2) is 16.9 Å². The zero-order valence-corrected chi connectivity index (χ0v) is 6.65. The van der Waals surface area contributed by atoms with E-state index in [2.05, 4.69) is 0 Å². The van der Waals surface area contributed by atoms with Gasteiger partial charge in [-0.05, 0) is 6.42 Å². The molecule has 1 fully saturated rings. The summed E-state index contributed by atoms with van der Waals surface area (Å²) in [4.78, 5) is 21.6. The highest BCUT2D eigenvalue weighted by atomic mass is 35.5. The van der Waals surface area contributed by atoms with Gasteiger partial charge in [-0.1, -0.05) is 0 Å². The van der Waals surface area contributed by atoms with Crippen molar-refractivity contribution in [3.05, 3.63) is 0 Å². The summed E-state index contributed by atoms with van der Waals surface area (Å²) >= 11 is 11.0. The van der Waals surface area contributed by atoms with Crippen LogP contribution in [0.3, 0.4) is 0 Å². The van der Waals surface area contributed by atoms with Crippen LogP contribution in [0.2, 0.25) is 0 Å². The van der Waals surface area contributed by atoms with E-state index in [0.29, 0.717) is 12.8 Å². The van der Waals surface area contributed by atoms with Crippen LogP contribution in [0.4, 0.5) is 0 Å². The van der Waals surface area contributed by atoms with Crippen molar-refractivity contribution < 1.29 is 9.59 Å². The van der Waals surface area contributed by atoms with E-state index in [4.69, 9.17) is 23.2 Å². The van der Waals surface area contributed by atoms with Gasteiger partial charge in [0.1, 0.15) is 0 Å². The molecule has 0 bridgehead atoms. The van der Waals surface area contributed by atoms with Crippen molar-refractivity contribution >= 4 is 34.8 Å². The van der Waals surface area contributed by atoms with Gasteiger partial charge in [-0.15, -0.1) is 23.2 Å². The maximum absolute atomic E-state index is 10.9. The van der Waals surface area contributed by atoms with Crippen molar-refractivity contribution in [2.45, 2.75) is 23.6 Å². The van der Waals surface area contributed by atoms with Gasteiger partial charge >= 0.3 is 0 Å². The number of alkyl halides is 2. The van der Waals surface area contributed by atoms with Crippen LogP contribution in [0.15, 0.2) is 0 Å². The average molecular weight is 181 g/mol. The van der Waals surface area contributed by atoms with Crippen LogP contribution in [0.25, 0.3) is 0 Å². The molecule has 0 aromatic rings. The minimum absolute atomic E-state index is 0.205. The van der Waals surface area contributed by atoms with E-state index >= 15 is 0 Å². The monoisotopic (exact) mass is 180 g/mol. The Morgan fingerprint density at radius 1 is 1.30 bits per heavy atom. The van der Waals surface area contributed by atoms with Gasteiger partial charge in [-0.25, -0.2) is 0 Å². The van der Waals surface area contributed by atoms with Gasteiger partial charge < -0.3 is 0 Å². The van der Waals surface area contributed by atoms with Crippen LogP contribution in [-0.2, 0) is 9.59 Å². The lowest BCUT2D eigenvalue weighted by Gasteiger charge is -2.17. The summed E-state index contributed by atoms with van der Waals surface area (Å²) in [5.74, 6) is -0.553. The van der Waals surface area contributed by atoms with E-state index in [1.165, 1.54) is 0 Å². The van der Waals surface area contributed by atoms with Crippen LogP contribution >= 0.6 is 23.2 Å². The fraction of sp³-hybridized carbons (Fsp3) is 0.667. The normalized spacial score (nSPS) is 34.6. The molecule has 2 atom stereocenters. The van der Waals surface area contributed by atoms with Gasteiger partial charge in [0, 0.05) is 6.42 Å². The SMILES string of the molecule is O=C1CCC(Cl)C(=O)C1Cl. The van der Waals surface area contributed by atoms with Gasteiger partial charge in [-0.2, -0.15) is 0 Å². The summed E-state index contributed by atoms with van der Waals surface area (Å²) < 4.78 is 0. The first-order chi connectivity index (χ1) is 4.63. The van der Waals surface area contributed by atoms with Crippen LogP contribution in [0.1, 0.15) is 12.8 Å². The highest BCUT2D eigenvalue weighted by Gasteiger charge is 2.34. The average Bonchev–Trinajstić information content (AvgIpc) is 1.93. The van der Waals surface area contributed by atoms with Crippen LogP contribution < -0.4 is 0 Å². The third-order valence-electron chi connectivity index (χ3n) is 1.49. The molecule has 4 heteroatoms. The molecule has 0 aromatic carbocycles.